The number of methoxy groups -OCH3 is 1. The van der Waals surface area contributed by atoms with Crippen molar-refractivity contribution in [3.05, 3.63) is 71.6 Å². The number of nitrogens with zero attached hydrogens (tertiary/aromatic N) is 3. The van der Waals surface area contributed by atoms with Gasteiger partial charge >= 0.3 is 0 Å². The molecular weight excluding hydrogens is 380 g/mol. The number of fused-ring (bicyclic) bond motifs is 1. The summed E-state index contributed by atoms with van der Waals surface area (Å²) in [5.41, 5.74) is 5.18. The molecule has 0 bridgehead atoms. The number of hydrogen-bond donors (Lipinski definition) is 3. The van der Waals surface area contributed by atoms with Crippen LogP contribution in [0.15, 0.2) is 53.8 Å². The average Bonchev–Trinajstić information content (AvgIpc) is 3.36. The van der Waals surface area contributed by atoms with Gasteiger partial charge in [0.05, 0.1) is 12.8 Å². The molecule has 0 aliphatic heterocycles. The minimum atomic E-state index is -0.262. The van der Waals surface area contributed by atoms with E-state index in [0.717, 1.165) is 39.1 Å². The Bertz CT molecular complexity index is 1220. The number of H-pyrrole nitrogens is 2. The van der Waals surface area contributed by atoms with Gasteiger partial charge in [0.25, 0.3) is 5.91 Å². The third kappa shape index (κ3) is 3.80. The quantitative estimate of drug-likeness (QED) is 0.352. The summed E-state index contributed by atoms with van der Waals surface area (Å²) in [5.74, 6) is 0.555. The summed E-state index contributed by atoms with van der Waals surface area (Å²) in [6, 6.07) is 11.7. The lowest BCUT2D eigenvalue weighted by atomic mass is 10.1. The molecule has 0 aliphatic rings. The minimum Gasteiger partial charge on any atom is -0.480 e. The number of aryl methyl sites for hydroxylation is 1. The Morgan fingerprint density at radius 1 is 1.23 bits per heavy atom. The summed E-state index contributed by atoms with van der Waals surface area (Å²) >= 11 is 0. The van der Waals surface area contributed by atoms with E-state index in [2.05, 4.69) is 30.2 Å². The summed E-state index contributed by atoms with van der Waals surface area (Å²) in [6.45, 7) is 2.29. The number of carbonyl (C=O) groups excluding carboxylic acids is 1. The molecular formula is C22H22N6O2. The van der Waals surface area contributed by atoms with E-state index in [1.54, 1.807) is 26.6 Å². The van der Waals surface area contributed by atoms with E-state index < -0.39 is 0 Å². The van der Waals surface area contributed by atoms with Crippen molar-refractivity contribution in [1.29, 1.82) is 0 Å². The van der Waals surface area contributed by atoms with Crippen molar-refractivity contribution < 1.29 is 9.53 Å². The average molecular weight is 402 g/mol. The van der Waals surface area contributed by atoms with Crippen molar-refractivity contribution in [2.75, 3.05) is 14.2 Å². The molecule has 3 heterocycles. The number of pyridine rings is 1. The fraction of sp³-hybridized carbons (Fsp3) is 0.182. The largest absolute Gasteiger partial charge is 0.480 e. The molecule has 1 aromatic carbocycles. The van der Waals surface area contributed by atoms with Crippen LogP contribution in [-0.4, -0.2) is 45.9 Å². The van der Waals surface area contributed by atoms with E-state index in [1.807, 2.05) is 43.3 Å². The van der Waals surface area contributed by atoms with Crippen LogP contribution in [0, 0.1) is 6.92 Å². The van der Waals surface area contributed by atoms with Crippen LogP contribution >= 0.6 is 0 Å². The molecule has 4 rings (SSSR count). The number of rotatable bonds is 5. The van der Waals surface area contributed by atoms with Crippen LogP contribution < -0.4 is 5.32 Å². The lowest BCUT2D eigenvalue weighted by molar-refractivity contribution is 0.0941. The van der Waals surface area contributed by atoms with Crippen molar-refractivity contribution in [1.82, 2.24) is 25.3 Å². The Kier molecular flexibility index (Phi) is 5.30. The predicted octanol–water partition coefficient (Wildman–Crippen LogP) is 3.21. The van der Waals surface area contributed by atoms with Crippen LogP contribution in [0.4, 0.5) is 0 Å². The minimum absolute atomic E-state index is 0.262. The summed E-state index contributed by atoms with van der Waals surface area (Å²) in [5, 5.41) is 3.87. The first-order valence-electron chi connectivity index (χ1n) is 9.47. The third-order valence-electron chi connectivity index (χ3n) is 4.80. The van der Waals surface area contributed by atoms with Crippen LogP contribution in [0.5, 0.6) is 0 Å². The molecule has 8 heteroatoms. The first-order chi connectivity index (χ1) is 14.6. The first-order valence-corrected chi connectivity index (χ1v) is 9.47. The van der Waals surface area contributed by atoms with E-state index >= 15 is 0 Å². The normalized spacial score (nSPS) is 11.6. The number of aromatic nitrogens is 4. The van der Waals surface area contributed by atoms with Gasteiger partial charge in [-0.25, -0.2) is 4.98 Å². The van der Waals surface area contributed by atoms with Gasteiger partial charge in [0.2, 0.25) is 5.90 Å². The van der Waals surface area contributed by atoms with Gasteiger partial charge in [-0.15, -0.1) is 0 Å². The van der Waals surface area contributed by atoms with Gasteiger partial charge in [-0.2, -0.15) is 0 Å². The van der Waals surface area contributed by atoms with E-state index in [1.165, 1.54) is 0 Å². The number of imidazole rings is 1. The van der Waals surface area contributed by atoms with Crippen LogP contribution in [0.1, 0.15) is 27.6 Å². The van der Waals surface area contributed by atoms with E-state index in [9.17, 15) is 4.79 Å². The lowest BCUT2D eigenvalue weighted by Gasteiger charge is -2.02. The van der Waals surface area contributed by atoms with Crippen molar-refractivity contribution >= 4 is 22.7 Å². The maximum absolute atomic E-state index is 12.5. The van der Waals surface area contributed by atoms with Gasteiger partial charge in [0.1, 0.15) is 5.69 Å². The Morgan fingerprint density at radius 2 is 2.10 bits per heavy atom. The number of amides is 1. The molecule has 30 heavy (non-hydrogen) atoms. The van der Waals surface area contributed by atoms with Crippen LogP contribution in [0.3, 0.4) is 0 Å². The second-order valence-electron chi connectivity index (χ2n) is 6.82. The summed E-state index contributed by atoms with van der Waals surface area (Å²) in [4.78, 5) is 31.6. The van der Waals surface area contributed by atoms with Crippen molar-refractivity contribution in [2.24, 2.45) is 4.99 Å². The summed E-state index contributed by atoms with van der Waals surface area (Å²) < 4.78 is 5.29. The molecule has 0 aliphatic carbocycles. The molecule has 4 aromatic rings. The molecule has 1 amide bonds. The molecule has 8 nitrogen and oxygen atoms in total. The Balaban J connectivity index is 1.57. The molecule has 0 unspecified atom stereocenters. The zero-order valence-electron chi connectivity index (χ0n) is 17.0. The van der Waals surface area contributed by atoms with E-state index in [0.29, 0.717) is 12.4 Å². The van der Waals surface area contributed by atoms with Gasteiger partial charge < -0.3 is 20.0 Å². The zero-order valence-corrected chi connectivity index (χ0v) is 17.0. The summed E-state index contributed by atoms with van der Waals surface area (Å²) in [7, 11) is 3.27. The first kappa shape index (κ1) is 19.4. The maximum atomic E-state index is 12.5. The lowest BCUT2D eigenvalue weighted by Crippen LogP contribution is -2.24. The smallest absolute Gasteiger partial charge is 0.287 e. The molecule has 0 saturated carbocycles. The van der Waals surface area contributed by atoms with Crippen molar-refractivity contribution in [3.8, 4) is 11.3 Å². The molecule has 0 saturated heterocycles. The number of benzene rings is 1. The van der Waals surface area contributed by atoms with Gasteiger partial charge in [0, 0.05) is 48.1 Å². The molecule has 0 spiro atoms. The number of aromatic amines is 2. The second kappa shape index (κ2) is 8.20. The highest BCUT2D eigenvalue weighted by molar-refractivity contribution is 5.99. The fourth-order valence-corrected chi connectivity index (χ4v) is 3.33. The predicted molar refractivity (Wildman–Crippen MR) is 115 cm³/mol. The van der Waals surface area contributed by atoms with Gasteiger partial charge in [0.15, 0.2) is 5.82 Å². The van der Waals surface area contributed by atoms with Crippen LogP contribution in [0.25, 0.3) is 22.2 Å². The zero-order chi connectivity index (χ0) is 21.1. The third-order valence-corrected chi connectivity index (χ3v) is 4.80. The van der Waals surface area contributed by atoms with Crippen molar-refractivity contribution in [3.63, 3.8) is 0 Å². The number of carbonyl (C=O) groups is 1. The second-order valence-corrected chi connectivity index (χ2v) is 6.82. The molecule has 3 aromatic heterocycles. The number of hydrogen-bond acceptors (Lipinski definition) is 5. The van der Waals surface area contributed by atoms with Crippen LogP contribution in [0.2, 0.25) is 0 Å². The highest BCUT2D eigenvalue weighted by atomic mass is 16.5. The van der Waals surface area contributed by atoms with Crippen molar-refractivity contribution in [2.45, 2.75) is 13.5 Å². The molecule has 3 N–H and O–H groups in total. The van der Waals surface area contributed by atoms with Gasteiger partial charge in [-0.1, -0.05) is 12.1 Å². The Morgan fingerprint density at radius 3 is 2.83 bits per heavy atom. The molecule has 0 fully saturated rings. The Hall–Kier alpha value is -3.94. The number of nitrogens with one attached hydrogen (secondary N) is 3. The fourth-order valence-electron chi connectivity index (χ4n) is 3.33. The SMILES string of the molecule is CN=C(OC)c1cc2cc(-c3nc(C(=O)NCc4cccnc4)[nH]c3C)ccc2[nH]1. The van der Waals surface area contributed by atoms with Crippen LogP contribution in [-0.2, 0) is 11.3 Å². The van der Waals surface area contributed by atoms with Gasteiger partial charge in [-0.05, 0) is 36.8 Å². The highest BCUT2D eigenvalue weighted by Gasteiger charge is 2.16. The standard InChI is InChI=1S/C22H22N6O2/c1-13-19(28-20(26-13)21(29)25-12-14-5-4-8-24-11-14)15-6-7-17-16(9-15)10-18(27-17)22(23-2)30-3/h4-11,27H,12H2,1-3H3,(H,25,29)(H,26,28). The molecule has 0 radical (unpaired) electrons. The van der Waals surface area contributed by atoms with Gasteiger partial charge in [-0.3, -0.25) is 14.8 Å². The van der Waals surface area contributed by atoms with E-state index in [4.69, 9.17) is 4.74 Å². The highest BCUT2D eigenvalue weighted by Crippen LogP contribution is 2.26. The maximum Gasteiger partial charge on any atom is 0.287 e. The molecule has 0 atom stereocenters. The monoisotopic (exact) mass is 402 g/mol. The molecule has 152 valence electrons. The topological polar surface area (TPSA) is 108 Å². The number of ether oxygens (including phenoxy) is 1. The van der Waals surface area contributed by atoms with E-state index in [-0.39, 0.29) is 11.7 Å². The number of aliphatic imine (C=N–C) groups is 1. The Labute approximate surface area is 173 Å². The summed E-state index contributed by atoms with van der Waals surface area (Å²) in [6.07, 6.45) is 3.42.